The van der Waals surface area contributed by atoms with E-state index < -0.39 is 41.0 Å². The minimum Gasteiger partial charge on any atom is -0.400 e. The van der Waals surface area contributed by atoms with Gasteiger partial charge in [-0.05, 0) is 0 Å². The standard InChI is InChI=1S/C9H28O8Si4/c1-10-18(11-2)9(19(12-3)13-4,20(14-5)15-6)21(16-7)17-8/h18-21H,1-8H3. The normalized spacial score (nSPS) is 13.1. The van der Waals surface area contributed by atoms with Crippen LogP contribution in [0.4, 0.5) is 0 Å². The maximum absolute atomic E-state index is 5.66. The van der Waals surface area contributed by atoms with Gasteiger partial charge in [-0.2, -0.15) is 0 Å². The summed E-state index contributed by atoms with van der Waals surface area (Å²) < 4.78 is 44.6. The summed E-state index contributed by atoms with van der Waals surface area (Å²) >= 11 is 0. The molecule has 0 aliphatic carbocycles. The second kappa shape index (κ2) is 11.1. The van der Waals surface area contributed by atoms with Gasteiger partial charge >= 0.3 is 37.1 Å². The highest BCUT2D eigenvalue weighted by Gasteiger charge is 2.67. The lowest BCUT2D eigenvalue weighted by Gasteiger charge is -2.44. The first kappa shape index (κ1) is 21.5. The van der Waals surface area contributed by atoms with Gasteiger partial charge in [-0.1, -0.05) is 0 Å². The molecule has 0 spiro atoms. The van der Waals surface area contributed by atoms with E-state index in [9.17, 15) is 0 Å². The number of hydrogen-bond donors (Lipinski definition) is 0. The van der Waals surface area contributed by atoms with Crippen molar-refractivity contribution in [1.82, 2.24) is 0 Å². The van der Waals surface area contributed by atoms with E-state index in [0.29, 0.717) is 0 Å². The van der Waals surface area contributed by atoms with Crippen molar-refractivity contribution in [1.29, 1.82) is 0 Å². The van der Waals surface area contributed by atoms with E-state index in [-0.39, 0.29) is 0 Å². The van der Waals surface area contributed by atoms with Crippen LogP contribution in [0, 0.1) is 0 Å². The van der Waals surface area contributed by atoms with E-state index in [4.69, 9.17) is 35.4 Å². The summed E-state index contributed by atoms with van der Waals surface area (Å²) in [6.07, 6.45) is 0. The Bertz CT molecular complexity index is 205. The van der Waals surface area contributed by atoms with Crippen molar-refractivity contribution in [2.75, 3.05) is 56.9 Å². The van der Waals surface area contributed by atoms with Gasteiger partial charge < -0.3 is 35.4 Å². The fourth-order valence-corrected chi connectivity index (χ4v) is 21.9. The first-order valence-corrected chi connectivity index (χ1v) is 12.4. The van der Waals surface area contributed by atoms with E-state index in [0.717, 1.165) is 0 Å². The summed E-state index contributed by atoms with van der Waals surface area (Å²) in [5, 5.41) is 0. The summed E-state index contributed by atoms with van der Waals surface area (Å²) in [4.78, 5) is 0. The molecule has 0 aliphatic heterocycles. The molecule has 0 aromatic carbocycles. The van der Waals surface area contributed by atoms with E-state index in [1.807, 2.05) is 0 Å². The summed E-state index contributed by atoms with van der Waals surface area (Å²) in [6.45, 7) is 0. The lowest BCUT2D eigenvalue weighted by molar-refractivity contribution is 0.192. The molecule has 0 atom stereocenters. The molecule has 0 unspecified atom stereocenters. The Kier molecular flexibility index (Phi) is 11.4. The van der Waals surface area contributed by atoms with Crippen LogP contribution in [0.15, 0.2) is 0 Å². The van der Waals surface area contributed by atoms with Crippen molar-refractivity contribution >= 4 is 37.1 Å². The molecule has 12 heteroatoms. The Hall–Kier alpha value is 0.548. The minimum absolute atomic E-state index is 0.653. The average Bonchev–Trinajstić information content (AvgIpc) is 2.51. The molecule has 8 nitrogen and oxygen atoms in total. The zero-order valence-corrected chi connectivity index (χ0v) is 18.7. The van der Waals surface area contributed by atoms with Gasteiger partial charge in [-0.3, -0.25) is 0 Å². The lowest BCUT2D eigenvalue weighted by Crippen LogP contribution is -2.67. The van der Waals surface area contributed by atoms with Crippen LogP contribution in [0.2, 0.25) is 3.91 Å². The largest absolute Gasteiger partial charge is 0.400 e. The van der Waals surface area contributed by atoms with Crippen molar-refractivity contribution in [2.45, 2.75) is 3.91 Å². The monoisotopic (exact) mass is 376 g/mol. The Morgan fingerprint density at radius 3 is 0.619 bits per heavy atom. The zero-order chi connectivity index (χ0) is 16.5. The van der Waals surface area contributed by atoms with E-state index in [1.165, 1.54) is 0 Å². The second-order valence-corrected chi connectivity index (χ2v) is 18.6. The lowest BCUT2D eigenvalue weighted by atomic mass is 11.7. The Morgan fingerprint density at radius 2 is 0.524 bits per heavy atom. The van der Waals surface area contributed by atoms with Gasteiger partial charge in [0.25, 0.3) is 0 Å². The van der Waals surface area contributed by atoms with Crippen molar-refractivity contribution in [3.8, 4) is 0 Å². The fraction of sp³-hybridized carbons (Fsp3) is 1.00. The third-order valence-corrected chi connectivity index (χ3v) is 19.8. The van der Waals surface area contributed by atoms with Gasteiger partial charge in [0.1, 0.15) is 3.91 Å². The topological polar surface area (TPSA) is 73.8 Å². The third-order valence-electron chi connectivity index (χ3n) is 3.35. The van der Waals surface area contributed by atoms with Gasteiger partial charge in [-0.15, -0.1) is 0 Å². The summed E-state index contributed by atoms with van der Waals surface area (Å²) in [7, 11) is 3.74. The van der Waals surface area contributed by atoms with E-state index >= 15 is 0 Å². The highest BCUT2D eigenvalue weighted by atomic mass is 28.5. The van der Waals surface area contributed by atoms with Crippen LogP contribution in [0.5, 0.6) is 0 Å². The predicted molar refractivity (Wildman–Crippen MR) is 87.4 cm³/mol. The van der Waals surface area contributed by atoms with Crippen LogP contribution in [-0.2, 0) is 35.4 Å². The van der Waals surface area contributed by atoms with Crippen LogP contribution in [0.1, 0.15) is 0 Å². The third kappa shape index (κ3) is 4.30. The Balaban J connectivity index is 6.15. The van der Waals surface area contributed by atoms with Gasteiger partial charge in [-0.25, -0.2) is 0 Å². The van der Waals surface area contributed by atoms with E-state index in [1.54, 1.807) is 56.9 Å². The van der Waals surface area contributed by atoms with Crippen molar-refractivity contribution < 1.29 is 35.4 Å². The van der Waals surface area contributed by atoms with Gasteiger partial charge in [0.15, 0.2) is 0 Å². The Labute approximate surface area is 133 Å². The maximum atomic E-state index is 5.66. The molecule has 0 saturated carbocycles. The number of rotatable bonds is 12. The molecule has 0 amide bonds. The van der Waals surface area contributed by atoms with Crippen LogP contribution >= 0.6 is 0 Å². The van der Waals surface area contributed by atoms with Gasteiger partial charge in [0, 0.05) is 56.9 Å². The van der Waals surface area contributed by atoms with Crippen LogP contribution in [0.3, 0.4) is 0 Å². The molecule has 0 rings (SSSR count). The van der Waals surface area contributed by atoms with Crippen LogP contribution < -0.4 is 0 Å². The molecular weight excluding hydrogens is 348 g/mol. The molecule has 0 bridgehead atoms. The SMILES string of the molecule is CO[SiH](OC)C([SiH](OC)OC)([SiH](OC)OC)[SiH](OC)OC. The highest BCUT2D eigenvalue weighted by Crippen LogP contribution is 2.41. The second-order valence-electron chi connectivity index (χ2n) is 4.21. The Morgan fingerprint density at radius 1 is 0.381 bits per heavy atom. The predicted octanol–water partition coefficient (Wildman–Crippen LogP) is -1.60. The van der Waals surface area contributed by atoms with Gasteiger partial charge in [0.05, 0.1) is 0 Å². The first-order valence-electron chi connectivity index (χ1n) is 6.31. The molecule has 128 valence electrons. The average molecular weight is 377 g/mol. The quantitative estimate of drug-likeness (QED) is 0.377. The molecule has 0 heterocycles. The maximum Gasteiger partial charge on any atom is 0.332 e. The van der Waals surface area contributed by atoms with Gasteiger partial charge in [0.2, 0.25) is 0 Å². The fourth-order valence-electron chi connectivity index (χ4n) is 2.68. The van der Waals surface area contributed by atoms with Crippen molar-refractivity contribution in [2.24, 2.45) is 0 Å². The summed E-state index contributed by atoms with van der Waals surface area (Å²) in [5.74, 6) is 0. The zero-order valence-electron chi connectivity index (χ0n) is 14.1. The molecule has 0 N–H and O–H groups in total. The molecule has 0 aromatic rings. The molecule has 0 radical (unpaired) electrons. The molecule has 21 heavy (non-hydrogen) atoms. The molecule has 0 saturated heterocycles. The smallest absolute Gasteiger partial charge is 0.332 e. The molecule has 0 aliphatic rings. The highest BCUT2D eigenvalue weighted by molar-refractivity contribution is 7.03. The van der Waals surface area contributed by atoms with E-state index in [2.05, 4.69) is 0 Å². The molecule has 0 fully saturated rings. The van der Waals surface area contributed by atoms with Crippen molar-refractivity contribution in [3.63, 3.8) is 0 Å². The summed E-state index contributed by atoms with van der Waals surface area (Å²) in [6, 6.07) is 0. The molecule has 0 aromatic heterocycles. The first-order chi connectivity index (χ1) is 10.1. The molecular formula is C9H28O8Si4. The van der Waals surface area contributed by atoms with Crippen LogP contribution in [-0.4, -0.2) is 94.0 Å². The number of hydrogen-bond acceptors (Lipinski definition) is 8. The van der Waals surface area contributed by atoms with Crippen molar-refractivity contribution in [3.05, 3.63) is 0 Å². The minimum atomic E-state index is -2.29. The van der Waals surface area contributed by atoms with Crippen LogP contribution in [0.25, 0.3) is 0 Å². The summed E-state index contributed by atoms with van der Waals surface area (Å²) in [5.41, 5.74) is 0.